The first kappa shape index (κ1) is 36.5. The predicted octanol–water partition coefficient (Wildman–Crippen LogP) is -2.99. The molecule has 0 aromatic carbocycles. The minimum atomic E-state index is -0.565. The molecule has 0 rings (SSSR count). The fraction of sp³-hybridized carbons (Fsp3) is 1.00. The molecule has 152 valence electrons. The third-order valence-corrected chi connectivity index (χ3v) is 2.91. The Bertz CT molecular complexity index is 168. The third kappa shape index (κ3) is 45.6. The molecule has 0 amide bonds. The molecule has 8 nitrogen and oxygen atoms in total. The summed E-state index contributed by atoms with van der Waals surface area (Å²) in [5, 5.41) is 40.6. The minimum absolute atomic E-state index is 0. The summed E-state index contributed by atoms with van der Waals surface area (Å²) in [7, 11) is 14.1. The maximum atomic E-state index is 10.2. The Hall–Kier alpha value is 0.563. The second-order valence-electron chi connectivity index (χ2n) is 6.25. The standard InChI is InChI=1S/4C4H10NO.Zr/c4*1-4(6)5(2)3;/h4*4H,1-3H3;/q4*-1;+4. The maximum Gasteiger partial charge on any atom is 4.00 e. The Morgan fingerprint density at radius 3 is 0.440 bits per heavy atom. The van der Waals surface area contributed by atoms with Crippen LogP contribution in [0.1, 0.15) is 27.7 Å². The van der Waals surface area contributed by atoms with Crippen LogP contribution in [0.3, 0.4) is 0 Å². The van der Waals surface area contributed by atoms with Crippen LogP contribution in [0.15, 0.2) is 0 Å². The van der Waals surface area contributed by atoms with E-state index in [-0.39, 0.29) is 26.2 Å². The molecule has 0 aromatic heterocycles. The first-order chi connectivity index (χ1) is 10.6. The molecule has 0 radical (unpaired) electrons. The van der Waals surface area contributed by atoms with Crippen LogP contribution in [0.25, 0.3) is 0 Å². The van der Waals surface area contributed by atoms with Gasteiger partial charge in [0.2, 0.25) is 0 Å². The molecule has 9 heteroatoms. The molecule has 0 saturated carbocycles. The van der Waals surface area contributed by atoms with Gasteiger partial charge in [0.15, 0.2) is 0 Å². The van der Waals surface area contributed by atoms with Gasteiger partial charge in [0.05, 0.1) is 0 Å². The van der Waals surface area contributed by atoms with Gasteiger partial charge in [-0.05, 0) is 56.4 Å². The van der Waals surface area contributed by atoms with Crippen molar-refractivity contribution in [1.82, 2.24) is 19.6 Å². The zero-order chi connectivity index (χ0) is 20.6. The van der Waals surface area contributed by atoms with Gasteiger partial charge in [-0.3, -0.25) is 0 Å². The molecular weight excluding hydrogens is 403 g/mol. The summed E-state index contributed by atoms with van der Waals surface area (Å²) in [5.41, 5.74) is 0. The van der Waals surface area contributed by atoms with Crippen molar-refractivity contribution in [3.05, 3.63) is 0 Å². The molecule has 0 saturated heterocycles. The van der Waals surface area contributed by atoms with E-state index in [0.717, 1.165) is 0 Å². The molecule has 25 heavy (non-hydrogen) atoms. The van der Waals surface area contributed by atoms with Crippen LogP contribution in [0.2, 0.25) is 0 Å². The molecule has 0 spiro atoms. The number of rotatable bonds is 4. The van der Waals surface area contributed by atoms with Crippen molar-refractivity contribution < 1.29 is 46.6 Å². The van der Waals surface area contributed by atoms with E-state index >= 15 is 0 Å². The number of hydrogen-bond acceptors (Lipinski definition) is 8. The molecule has 4 unspecified atom stereocenters. The Kier molecular flexibility index (Phi) is 33.0. The van der Waals surface area contributed by atoms with E-state index in [1.807, 2.05) is 0 Å². The summed E-state index contributed by atoms with van der Waals surface area (Å²) in [4.78, 5) is 6.44. The van der Waals surface area contributed by atoms with Gasteiger partial charge in [-0.15, -0.1) is 0 Å². The van der Waals surface area contributed by atoms with Gasteiger partial charge < -0.3 is 40.0 Å². The van der Waals surface area contributed by atoms with Crippen LogP contribution in [0.5, 0.6) is 0 Å². The van der Waals surface area contributed by atoms with Crippen LogP contribution < -0.4 is 20.4 Å². The second kappa shape index (κ2) is 22.6. The SMILES string of the molecule is CC([O-])N(C)C.CC([O-])N(C)C.CC([O-])N(C)C.CC([O-])N(C)C.[Zr+4]. The fourth-order valence-electron chi connectivity index (χ4n) is 0. The van der Waals surface area contributed by atoms with Crippen molar-refractivity contribution in [1.29, 1.82) is 0 Å². The van der Waals surface area contributed by atoms with Crippen molar-refractivity contribution >= 4 is 0 Å². The Balaban J connectivity index is -0.0000000702. The Morgan fingerprint density at radius 2 is 0.440 bits per heavy atom. The largest absolute Gasteiger partial charge is 4.00 e. The van der Waals surface area contributed by atoms with Crippen LogP contribution in [-0.4, -0.2) is 101 Å². The quantitative estimate of drug-likeness (QED) is 0.424. The molecule has 0 fully saturated rings. The van der Waals surface area contributed by atoms with Crippen LogP contribution in [0, 0.1) is 0 Å². The third-order valence-electron chi connectivity index (χ3n) is 2.91. The van der Waals surface area contributed by atoms with Crippen molar-refractivity contribution in [2.75, 3.05) is 56.4 Å². The van der Waals surface area contributed by atoms with Crippen LogP contribution >= 0.6 is 0 Å². The summed E-state index contributed by atoms with van der Waals surface area (Å²) in [6.07, 6.45) is -2.26. The predicted molar refractivity (Wildman–Crippen MR) is 92.6 cm³/mol. The molecule has 0 N–H and O–H groups in total. The van der Waals surface area contributed by atoms with E-state index < -0.39 is 24.9 Å². The van der Waals surface area contributed by atoms with Crippen molar-refractivity contribution in [3.8, 4) is 0 Å². The average Bonchev–Trinajstić information content (AvgIpc) is 2.40. The smallest absolute Gasteiger partial charge is 0.841 e. The zero-order valence-electron chi connectivity index (χ0n) is 18.2. The van der Waals surface area contributed by atoms with Crippen molar-refractivity contribution in [3.63, 3.8) is 0 Å². The van der Waals surface area contributed by atoms with Gasteiger partial charge in [0, 0.05) is 0 Å². The van der Waals surface area contributed by atoms with Crippen LogP contribution in [-0.2, 0) is 26.2 Å². The number of nitrogens with zero attached hydrogens (tertiary/aromatic N) is 4. The van der Waals surface area contributed by atoms with E-state index in [4.69, 9.17) is 0 Å². The van der Waals surface area contributed by atoms with Gasteiger partial charge in [0.25, 0.3) is 0 Å². The van der Waals surface area contributed by atoms with Gasteiger partial charge >= 0.3 is 26.2 Å². The van der Waals surface area contributed by atoms with Crippen LogP contribution in [0.4, 0.5) is 0 Å². The van der Waals surface area contributed by atoms with Gasteiger partial charge in [0.1, 0.15) is 0 Å². The van der Waals surface area contributed by atoms with Gasteiger partial charge in [-0.1, -0.05) is 52.6 Å². The Labute approximate surface area is 175 Å². The van der Waals surface area contributed by atoms with Gasteiger partial charge in [-0.2, -0.15) is 0 Å². The topological polar surface area (TPSA) is 105 Å². The maximum absolute atomic E-state index is 10.2. The summed E-state index contributed by atoms with van der Waals surface area (Å²) in [5.74, 6) is 0. The molecule has 0 bridgehead atoms. The zero-order valence-corrected chi connectivity index (χ0v) is 20.7. The normalized spacial score (nSPS) is 14.9. The van der Waals surface area contributed by atoms with Gasteiger partial charge in [-0.25, -0.2) is 0 Å². The first-order valence-corrected chi connectivity index (χ1v) is 7.86. The minimum Gasteiger partial charge on any atom is -0.841 e. The Morgan fingerprint density at radius 1 is 0.400 bits per heavy atom. The summed E-state index contributed by atoms with van der Waals surface area (Å²) in [6.45, 7) is 6.44. The van der Waals surface area contributed by atoms with E-state index in [2.05, 4.69) is 0 Å². The molecule has 0 aromatic rings. The fourth-order valence-corrected chi connectivity index (χ4v) is 0. The number of hydrogen-bond donors (Lipinski definition) is 0. The molecule has 0 aliphatic carbocycles. The summed E-state index contributed by atoms with van der Waals surface area (Å²) in [6, 6.07) is 0. The van der Waals surface area contributed by atoms with E-state index in [1.54, 1.807) is 104 Å². The molecule has 4 atom stereocenters. The van der Waals surface area contributed by atoms with E-state index in [1.165, 1.54) is 0 Å². The summed E-state index contributed by atoms with van der Waals surface area (Å²) >= 11 is 0. The van der Waals surface area contributed by atoms with Crippen molar-refractivity contribution in [2.45, 2.75) is 52.6 Å². The molecule has 0 aliphatic rings. The summed E-state index contributed by atoms with van der Waals surface area (Å²) < 4.78 is 0. The average molecular weight is 444 g/mol. The van der Waals surface area contributed by atoms with E-state index in [0.29, 0.717) is 0 Å². The molecule has 0 heterocycles. The molecule has 0 aliphatic heterocycles. The second-order valence-corrected chi connectivity index (χ2v) is 6.25. The molecular formula is C16H40N4O4Zr. The monoisotopic (exact) mass is 442 g/mol. The first-order valence-electron chi connectivity index (χ1n) is 7.86. The van der Waals surface area contributed by atoms with E-state index in [9.17, 15) is 20.4 Å². The van der Waals surface area contributed by atoms with Crippen molar-refractivity contribution in [2.24, 2.45) is 0 Å².